The molecule has 0 amide bonds. The minimum Gasteiger partial charge on any atom is -0.504 e. The molecule has 2 rings (SSSR count). The van der Waals surface area contributed by atoms with Crippen LogP contribution in [0.2, 0.25) is 0 Å². The van der Waals surface area contributed by atoms with Crippen LogP contribution in [0.5, 0.6) is 11.5 Å². The second-order valence-electron chi connectivity index (χ2n) is 6.22. The Labute approximate surface area is 121 Å². The van der Waals surface area contributed by atoms with Crippen molar-refractivity contribution in [3.63, 3.8) is 0 Å². The summed E-state index contributed by atoms with van der Waals surface area (Å²) in [5, 5.41) is 13.3. The molecule has 1 aromatic rings. The van der Waals surface area contributed by atoms with Crippen molar-refractivity contribution in [2.75, 3.05) is 33.8 Å². The van der Waals surface area contributed by atoms with Crippen molar-refractivity contribution in [1.29, 1.82) is 0 Å². The molecule has 0 bridgehead atoms. The third-order valence-corrected chi connectivity index (χ3v) is 4.32. The van der Waals surface area contributed by atoms with E-state index in [9.17, 15) is 5.11 Å². The van der Waals surface area contributed by atoms with Crippen LogP contribution in [0.4, 0.5) is 0 Å². The highest BCUT2D eigenvalue weighted by Gasteiger charge is 2.28. The third kappa shape index (κ3) is 3.87. The van der Waals surface area contributed by atoms with Gasteiger partial charge >= 0.3 is 0 Å². The first-order valence-electron chi connectivity index (χ1n) is 7.28. The molecule has 1 saturated heterocycles. The Kier molecular flexibility index (Phi) is 4.89. The minimum absolute atomic E-state index is 0.206. The molecule has 1 aliphatic heterocycles. The van der Waals surface area contributed by atoms with Crippen molar-refractivity contribution >= 4 is 0 Å². The molecular formula is C16H26N2O2. The summed E-state index contributed by atoms with van der Waals surface area (Å²) in [6.07, 6.45) is 2.48. The largest absolute Gasteiger partial charge is 0.504 e. The van der Waals surface area contributed by atoms with E-state index in [1.54, 1.807) is 13.2 Å². The van der Waals surface area contributed by atoms with Crippen LogP contribution in [0.25, 0.3) is 0 Å². The molecule has 0 atom stereocenters. The van der Waals surface area contributed by atoms with E-state index in [1.165, 1.54) is 25.9 Å². The maximum atomic E-state index is 9.76. The van der Waals surface area contributed by atoms with Crippen LogP contribution in [-0.4, -0.2) is 43.8 Å². The molecule has 4 heteroatoms. The third-order valence-electron chi connectivity index (χ3n) is 4.32. The van der Waals surface area contributed by atoms with Gasteiger partial charge in [0, 0.05) is 13.1 Å². The van der Waals surface area contributed by atoms with E-state index in [2.05, 4.69) is 24.2 Å². The SMILES string of the molecule is COc1ccc(CNCC2(C)CCN(C)CC2)cc1O. The summed E-state index contributed by atoms with van der Waals surface area (Å²) in [7, 11) is 3.75. The quantitative estimate of drug-likeness (QED) is 0.867. The van der Waals surface area contributed by atoms with Gasteiger partial charge < -0.3 is 20.1 Å². The van der Waals surface area contributed by atoms with E-state index >= 15 is 0 Å². The molecule has 0 aromatic heterocycles. The average molecular weight is 278 g/mol. The van der Waals surface area contributed by atoms with Gasteiger partial charge in [0.15, 0.2) is 11.5 Å². The molecule has 112 valence electrons. The summed E-state index contributed by atoms with van der Waals surface area (Å²) in [6, 6.07) is 5.56. The Morgan fingerprint density at radius 3 is 2.65 bits per heavy atom. The van der Waals surface area contributed by atoms with E-state index in [4.69, 9.17) is 4.74 Å². The molecule has 2 N–H and O–H groups in total. The second-order valence-corrected chi connectivity index (χ2v) is 6.22. The van der Waals surface area contributed by atoms with E-state index in [0.29, 0.717) is 11.2 Å². The molecule has 0 radical (unpaired) electrons. The molecule has 4 nitrogen and oxygen atoms in total. The number of ether oxygens (including phenoxy) is 1. The van der Waals surface area contributed by atoms with Gasteiger partial charge in [-0.3, -0.25) is 0 Å². The van der Waals surface area contributed by atoms with Crippen LogP contribution >= 0.6 is 0 Å². The minimum atomic E-state index is 0.206. The molecule has 0 spiro atoms. The predicted octanol–water partition coefficient (Wildman–Crippen LogP) is 2.22. The van der Waals surface area contributed by atoms with Gasteiger partial charge in [-0.25, -0.2) is 0 Å². The van der Waals surface area contributed by atoms with E-state index in [0.717, 1.165) is 18.7 Å². The van der Waals surface area contributed by atoms with Gasteiger partial charge in [-0.05, 0) is 56.1 Å². The second kappa shape index (κ2) is 6.46. The Bertz CT molecular complexity index is 440. The predicted molar refractivity (Wildman–Crippen MR) is 81.2 cm³/mol. The lowest BCUT2D eigenvalue weighted by atomic mass is 9.80. The number of phenolic OH excluding ortho intramolecular Hbond substituents is 1. The zero-order chi connectivity index (χ0) is 14.6. The van der Waals surface area contributed by atoms with E-state index < -0.39 is 0 Å². The molecule has 1 fully saturated rings. The first-order valence-corrected chi connectivity index (χ1v) is 7.28. The monoisotopic (exact) mass is 278 g/mol. The number of rotatable bonds is 5. The standard InChI is InChI=1S/C16H26N2O2/c1-16(6-8-18(2)9-7-16)12-17-11-13-4-5-15(20-3)14(19)10-13/h4-5,10,17,19H,6-9,11-12H2,1-3H3. The topological polar surface area (TPSA) is 44.7 Å². The summed E-state index contributed by atoms with van der Waals surface area (Å²) in [5.74, 6) is 0.730. The maximum Gasteiger partial charge on any atom is 0.160 e. The molecule has 20 heavy (non-hydrogen) atoms. The normalized spacial score (nSPS) is 18.9. The van der Waals surface area contributed by atoms with Crippen LogP contribution in [0, 0.1) is 5.41 Å². The number of piperidine rings is 1. The van der Waals surface area contributed by atoms with Crippen LogP contribution in [-0.2, 0) is 6.54 Å². The Morgan fingerprint density at radius 1 is 1.35 bits per heavy atom. The van der Waals surface area contributed by atoms with Gasteiger partial charge in [0.05, 0.1) is 7.11 Å². The Hall–Kier alpha value is -1.26. The summed E-state index contributed by atoms with van der Waals surface area (Å²) in [4.78, 5) is 2.39. The van der Waals surface area contributed by atoms with Crippen molar-refractivity contribution in [3.8, 4) is 11.5 Å². The molecule has 1 aromatic carbocycles. The van der Waals surface area contributed by atoms with Gasteiger partial charge in [0.25, 0.3) is 0 Å². The summed E-state index contributed by atoms with van der Waals surface area (Å²) in [6.45, 7) is 6.53. The number of hydrogen-bond donors (Lipinski definition) is 2. The van der Waals surface area contributed by atoms with Crippen molar-refractivity contribution in [2.45, 2.75) is 26.3 Å². The maximum absolute atomic E-state index is 9.76. The zero-order valence-electron chi connectivity index (χ0n) is 12.8. The average Bonchev–Trinajstić information content (AvgIpc) is 2.43. The summed E-state index contributed by atoms with van der Waals surface area (Å²) >= 11 is 0. The van der Waals surface area contributed by atoms with Crippen molar-refractivity contribution in [1.82, 2.24) is 10.2 Å². The molecule has 1 heterocycles. The molecule has 0 saturated carbocycles. The fourth-order valence-corrected chi connectivity index (χ4v) is 2.69. The van der Waals surface area contributed by atoms with Crippen LogP contribution in [0.3, 0.4) is 0 Å². The number of nitrogens with zero attached hydrogens (tertiary/aromatic N) is 1. The van der Waals surface area contributed by atoms with Crippen molar-refractivity contribution < 1.29 is 9.84 Å². The smallest absolute Gasteiger partial charge is 0.160 e. The van der Waals surface area contributed by atoms with Gasteiger partial charge in [0.1, 0.15) is 0 Å². The number of phenols is 1. The fraction of sp³-hybridized carbons (Fsp3) is 0.625. The molecular weight excluding hydrogens is 252 g/mol. The van der Waals surface area contributed by atoms with E-state index in [1.807, 2.05) is 12.1 Å². The lowest BCUT2D eigenvalue weighted by Crippen LogP contribution is -2.41. The van der Waals surface area contributed by atoms with Gasteiger partial charge in [0.2, 0.25) is 0 Å². The van der Waals surface area contributed by atoms with Gasteiger partial charge in [-0.15, -0.1) is 0 Å². The summed E-state index contributed by atoms with van der Waals surface area (Å²) < 4.78 is 5.05. The summed E-state index contributed by atoms with van der Waals surface area (Å²) in [5.41, 5.74) is 1.47. The first kappa shape index (κ1) is 15.1. The van der Waals surface area contributed by atoms with Crippen LogP contribution in [0.1, 0.15) is 25.3 Å². The number of aromatic hydroxyl groups is 1. The number of nitrogens with one attached hydrogen (secondary N) is 1. The van der Waals surface area contributed by atoms with E-state index in [-0.39, 0.29) is 5.75 Å². The number of methoxy groups -OCH3 is 1. The molecule has 0 unspecified atom stereocenters. The lowest BCUT2D eigenvalue weighted by molar-refractivity contribution is 0.137. The number of benzene rings is 1. The van der Waals surface area contributed by atoms with Crippen LogP contribution in [0.15, 0.2) is 18.2 Å². The highest BCUT2D eigenvalue weighted by atomic mass is 16.5. The first-order chi connectivity index (χ1) is 9.52. The Balaban J connectivity index is 1.82. The number of hydrogen-bond acceptors (Lipinski definition) is 4. The van der Waals surface area contributed by atoms with Crippen molar-refractivity contribution in [3.05, 3.63) is 23.8 Å². The fourth-order valence-electron chi connectivity index (χ4n) is 2.69. The van der Waals surface area contributed by atoms with Crippen molar-refractivity contribution in [2.24, 2.45) is 5.41 Å². The molecule has 1 aliphatic rings. The number of likely N-dealkylation sites (tertiary alicyclic amines) is 1. The highest BCUT2D eigenvalue weighted by Crippen LogP contribution is 2.30. The van der Waals surface area contributed by atoms with Gasteiger partial charge in [-0.1, -0.05) is 13.0 Å². The zero-order valence-corrected chi connectivity index (χ0v) is 12.8. The lowest BCUT2D eigenvalue weighted by Gasteiger charge is -2.38. The Morgan fingerprint density at radius 2 is 2.05 bits per heavy atom. The van der Waals surface area contributed by atoms with Crippen LogP contribution < -0.4 is 10.1 Å². The van der Waals surface area contributed by atoms with Gasteiger partial charge in [-0.2, -0.15) is 0 Å². The molecule has 0 aliphatic carbocycles. The highest BCUT2D eigenvalue weighted by molar-refractivity contribution is 5.41.